The molecule has 24 heavy (non-hydrogen) atoms. The van der Waals surface area contributed by atoms with Crippen LogP contribution in [0.5, 0.6) is 0 Å². The van der Waals surface area contributed by atoms with Gasteiger partial charge in [0.15, 0.2) is 0 Å². The minimum absolute atomic E-state index is 0.218. The molecule has 2 atom stereocenters. The highest BCUT2D eigenvalue weighted by molar-refractivity contribution is 5.71. The van der Waals surface area contributed by atoms with E-state index in [1.54, 1.807) is 6.08 Å². The standard InChI is InChI=1S/C21H32O3/c1-15(9-7-14-21(6,24)17(3)19(22)23)11-12-18-16(2)10-8-13-20(18,4)5/h7,9,11-12,14,17,24H,8,10,13H2,1-6H3,(H,22,23). The molecule has 0 bridgehead atoms. The molecule has 0 fully saturated rings. The number of hydrogen-bond donors (Lipinski definition) is 2. The van der Waals surface area contributed by atoms with Crippen LogP contribution in [0.1, 0.15) is 60.8 Å². The molecular weight excluding hydrogens is 300 g/mol. The lowest BCUT2D eigenvalue weighted by Crippen LogP contribution is -2.35. The second-order valence-electron chi connectivity index (χ2n) is 7.82. The number of carbonyl (C=O) groups is 1. The molecule has 0 heterocycles. The molecule has 0 radical (unpaired) electrons. The van der Waals surface area contributed by atoms with E-state index in [1.165, 1.54) is 50.3 Å². The summed E-state index contributed by atoms with van der Waals surface area (Å²) in [6.45, 7) is 11.8. The number of allylic oxidation sites excluding steroid dienone is 7. The maximum absolute atomic E-state index is 11.0. The lowest BCUT2D eigenvalue weighted by molar-refractivity contribution is -0.147. The third-order valence-electron chi connectivity index (χ3n) is 5.10. The Labute approximate surface area is 146 Å². The van der Waals surface area contributed by atoms with E-state index in [9.17, 15) is 9.90 Å². The molecule has 0 aromatic heterocycles. The van der Waals surface area contributed by atoms with Gasteiger partial charge in [0.05, 0.1) is 11.5 Å². The number of aliphatic hydroxyl groups is 1. The molecular formula is C21H32O3. The van der Waals surface area contributed by atoms with E-state index in [2.05, 4.69) is 32.9 Å². The smallest absolute Gasteiger partial charge is 0.309 e. The van der Waals surface area contributed by atoms with Crippen LogP contribution in [0, 0.1) is 11.3 Å². The zero-order chi connectivity index (χ0) is 18.5. The Balaban J connectivity index is 2.84. The molecule has 2 unspecified atom stereocenters. The molecule has 0 saturated heterocycles. The third-order valence-corrected chi connectivity index (χ3v) is 5.10. The molecule has 3 nitrogen and oxygen atoms in total. The van der Waals surface area contributed by atoms with Crippen molar-refractivity contribution in [1.82, 2.24) is 0 Å². The van der Waals surface area contributed by atoms with Gasteiger partial charge in [-0.25, -0.2) is 0 Å². The van der Waals surface area contributed by atoms with Crippen molar-refractivity contribution in [3.05, 3.63) is 47.1 Å². The SMILES string of the molecule is CC(C=CC1=C(C)CCCC1(C)C)=CC=CC(C)(O)C(C)C(=O)O. The molecule has 1 aliphatic carbocycles. The molecule has 2 N–H and O–H groups in total. The van der Waals surface area contributed by atoms with E-state index in [4.69, 9.17) is 5.11 Å². The fraction of sp³-hybridized carbons (Fsp3) is 0.571. The topological polar surface area (TPSA) is 57.5 Å². The van der Waals surface area contributed by atoms with Gasteiger partial charge in [0.2, 0.25) is 0 Å². The molecule has 0 aromatic rings. The summed E-state index contributed by atoms with van der Waals surface area (Å²) in [4.78, 5) is 11.0. The molecule has 1 aliphatic rings. The van der Waals surface area contributed by atoms with Gasteiger partial charge in [0, 0.05) is 0 Å². The summed E-state index contributed by atoms with van der Waals surface area (Å²) in [6.07, 6.45) is 13.1. The predicted octanol–water partition coefficient (Wildman–Crippen LogP) is 5.04. The van der Waals surface area contributed by atoms with Crippen LogP contribution in [-0.2, 0) is 4.79 Å². The average molecular weight is 332 g/mol. The Hall–Kier alpha value is -1.61. The van der Waals surface area contributed by atoms with E-state index in [1.807, 2.05) is 13.0 Å². The monoisotopic (exact) mass is 332 g/mol. The summed E-state index contributed by atoms with van der Waals surface area (Å²) in [5, 5.41) is 19.2. The van der Waals surface area contributed by atoms with Crippen molar-refractivity contribution in [2.75, 3.05) is 0 Å². The Kier molecular flexibility index (Phi) is 6.79. The van der Waals surface area contributed by atoms with Gasteiger partial charge in [0.25, 0.3) is 0 Å². The number of hydrogen-bond acceptors (Lipinski definition) is 2. The van der Waals surface area contributed by atoms with E-state index >= 15 is 0 Å². The zero-order valence-electron chi connectivity index (χ0n) is 15.9. The van der Waals surface area contributed by atoms with Gasteiger partial charge >= 0.3 is 5.97 Å². The summed E-state index contributed by atoms with van der Waals surface area (Å²) in [6, 6.07) is 0. The van der Waals surface area contributed by atoms with Crippen molar-refractivity contribution in [2.45, 2.75) is 66.4 Å². The predicted molar refractivity (Wildman–Crippen MR) is 99.8 cm³/mol. The lowest BCUT2D eigenvalue weighted by Gasteiger charge is -2.32. The van der Waals surface area contributed by atoms with Crippen molar-refractivity contribution in [3.8, 4) is 0 Å². The van der Waals surface area contributed by atoms with Gasteiger partial charge in [-0.1, -0.05) is 55.4 Å². The first-order valence-corrected chi connectivity index (χ1v) is 8.67. The van der Waals surface area contributed by atoms with Crippen LogP contribution in [0.15, 0.2) is 47.1 Å². The third kappa shape index (κ3) is 5.48. The van der Waals surface area contributed by atoms with Gasteiger partial charge in [-0.15, -0.1) is 0 Å². The first kappa shape index (κ1) is 20.4. The molecule has 0 saturated carbocycles. The first-order chi connectivity index (χ1) is 11.0. The van der Waals surface area contributed by atoms with E-state index < -0.39 is 17.5 Å². The Morgan fingerprint density at radius 2 is 2.00 bits per heavy atom. The number of rotatable bonds is 6. The van der Waals surface area contributed by atoms with E-state index in [0.717, 1.165) is 5.57 Å². The van der Waals surface area contributed by atoms with Crippen molar-refractivity contribution >= 4 is 5.97 Å². The van der Waals surface area contributed by atoms with Crippen molar-refractivity contribution in [3.63, 3.8) is 0 Å². The minimum Gasteiger partial charge on any atom is -0.481 e. The van der Waals surface area contributed by atoms with Crippen LogP contribution >= 0.6 is 0 Å². The van der Waals surface area contributed by atoms with Crippen LogP contribution in [0.3, 0.4) is 0 Å². The fourth-order valence-corrected chi connectivity index (χ4v) is 3.07. The highest BCUT2D eigenvalue weighted by atomic mass is 16.4. The van der Waals surface area contributed by atoms with E-state index in [-0.39, 0.29) is 5.41 Å². The number of carboxylic acid groups (broad SMARTS) is 1. The second-order valence-corrected chi connectivity index (χ2v) is 7.82. The zero-order valence-corrected chi connectivity index (χ0v) is 15.9. The summed E-state index contributed by atoms with van der Waals surface area (Å²) in [5.41, 5.74) is 2.79. The Morgan fingerprint density at radius 1 is 1.38 bits per heavy atom. The fourth-order valence-electron chi connectivity index (χ4n) is 3.07. The van der Waals surface area contributed by atoms with Gasteiger partial charge in [-0.3, -0.25) is 4.79 Å². The highest BCUT2D eigenvalue weighted by Crippen LogP contribution is 2.40. The van der Waals surface area contributed by atoms with Crippen LogP contribution < -0.4 is 0 Å². The maximum Gasteiger partial charge on any atom is 0.309 e. The number of carboxylic acids is 1. The quantitative estimate of drug-likeness (QED) is 0.670. The van der Waals surface area contributed by atoms with Crippen LogP contribution in [0.2, 0.25) is 0 Å². The van der Waals surface area contributed by atoms with Crippen molar-refractivity contribution in [1.29, 1.82) is 0 Å². The van der Waals surface area contributed by atoms with Crippen LogP contribution in [0.25, 0.3) is 0 Å². The largest absolute Gasteiger partial charge is 0.481 e. The summed E-state index contributed by atoms with van der Waals surface area (Å²) >= 11 is 0. The van der Waals surface area contributed by atoms with E-state index in [0.29, 0.717) is 0 Å². The number of aliphatic carboxylic acids is 1. The minimum atomic E-state index is -1.36. The molecule has 1 rings (SSSR count). The van der Waals surface area contributed by atoms with Gasteiger partial charge in [-0.2, -0.15) is 0 Å². The average Bonchev–Trinajstić information content (AvgIpc) is 2.44. The molecule has 0 spiro atoms. The van der Waals surface area contributed by atoms with Crippen LogP contribution in [-0.4, -0.2) is 21.8 Å². The highest BCUT2D eigenvalue weighted by Gasteiger charge is 2.30. The summed E-state index contributed by atoms with van der Waals surface area (Å²) in [7, 11) is 0. The lowest BCUT2D eigenvalue weighted by atomic mass is 9.72. The molecule has 0 amide bonds. The van der Waals surface area contributed by atoms with Crippen LogP contribution in [0.4, 0.5) is 0 Å². The molecule has 134 valence electrons. The van der Waals surface area contributed by atoms with Crippen molar-refractivity contribution in [2.24, 2.45) is 11.3 Å². The maximum atomic E-state index is 11.0. The summed E-state index contributed by atoms with van der Waals surface area (Å²) in [5.74, 6) is -1.86. The Bertz CT molecular complexity index is 586. The summed E-state index contributed by atoms with van der Waals surface area (Å²) < 4.78 is 0. The molecule has 3 heteroatoms. The van der Waals surface area contributed by atoms with Gasteiger partial charge < -0.3 is 10.2 Å². The van der Waals surface area contributed by atoms with Gasteiger partial charge in [-0.05, 0) is 57.9 Å². The second kappa shape index (κ2) is 7.98. The van der Waals surface area contributed by atoms with Gasteiger partial charge in [0.1, 0.15) is 0 Å². The van der Waals surface area contributed by atoms with Crippen molar-refractivity contribution < 1.29 is 15.0 Å². The normalized spacial score (nSPS) is 22.9. The molecule has 0 aromatic carbocycles. The Morgan fingerprint density at radius 3 is 2.54 bits per heavy atom. The molecule has 0 aliphatic heterocycles. The first-order valence-electron chi connectivity index (χ1n) is 8.67.